The van der Waals surface area contributed by atoms with Crippen molar-refractivity contribution in [2.75, 3.05) is 0 Å². The molecule has 3 heteroatoms. The van der Waals surface area contributed by atoms with Crippen molar-refractivity contribution in [3.63, 3.8) is 0 Å². The van der Waals surface area contributed by atoms with Gasteiger partial charge in [0.15, 0.2) is 0 Å². The van der Waals surface area contributed by atoms with Gasteiger partial charge in [-0.1, -0.05) is 27.7 Å². The van der Waals surface area contributed by atoms with Gasteiger partial charge in [-0.3, -0.25) is 10.1 Å². The van der Waals surface area contributed by atoms with E-state index in [2.05, 4.69) is 6.07 Å². The molecule has 0 unspecified atom stereocenters. The number of rotatable bonds is 3. The van der Waals surface area contributed by atoms with Gasteiger partial charge >= 0.3 is 0 Å². The van der Waals surface area contributed by atoms with Crippen molar-refractivity contribution in [2.24, 2.45) is 0 Å². The third-order valence-electron chi connectivity index (χ3n) is 2.35. The molecule has 1 aromatic rings. The van der Waals surface area contributed by atoms with Gasteiger partial charge in [-0.2, -0.15) is 0 Å². The lowest BCUT2D eigenvalue weighted by molar-refractivity contribution is -0.385. The smallest absolute Gasteiger partial charge is 0.258 e. The second-order valence-corrected chi connectivity index (χ2v) is 4.32. The summed E-state index contributed by atoms with van der Waals surface area (Å²) in [6.07, 6.45) is 0. The summed E-state index contributed by atoms with van der Waals surface area (Å²) in [5, 5.41) is 10.7. The molecular weight excluding hydrogens is 190 g/mol. The second kappa shape index (κ2) is 4.43. The highest BCUT2D eigenvalue weighted by atomic mass is 16.6. The van der Waals surface area contributed by atoms with Crippen LogP contribution >= 0.6 is 0 Å². The van der Waals surface area contributed by atoms with E-state index in [1.165, 1.54) is 0 Å². The van der Waals surface area contributed by atoms with Crippen molar-refractivity contribution >= 4 is 5.69 Å². The van der Waals surface area contributed by atoms with E-state index >= 15 is 0 Å². The van der Waals surface area contributed by atoms with Crippen LogP contribution in [0.4, 0.5) is 5.69 Å². The lowest BCUT2D eigenvalue weighted by Crippen LogP contribution is -1.97. The molecule has 0 aliphatic heterocycles. The van der Waals surface area contributed by atoms with Crippen LogP contribution in [0.5, 0.6) is 0 Å². The standard InChI is InChI=1S/C12H16NO2/c1-8(2)10-5-11(9(3)4)7-12(6-10)13(14)15/h6-9H,1-4H3. The van der Waals surface area contributed by atoms with E-state index < -0.39 is 0 Å². The van der Waals surface area contributed by atoms with Gasteiger partial charge < -0.3 is 0 Å². The molecule has 0 aliphatic rings. The number of nitro groups is 1. The number of nitrogens with zero attached hydrogens (tertiary/aromatic N) is 1. The Hall–Kier alpha value is -1.38. The van der Waals surface area contributed by atoms with Gasteiger partial charge in [-0.25, -0.2) is 0 Å². The molecule has 1 aromatic carbocycles. The summed E-state index contributed by atoms with van der Waals surface area (Å²) >= 11 is 0. The van der Waals surface area contributed by atoms with Crippen LogP contribution in [0.2, 0.25) is 0 Å². The van der Waals surface area contributed by atoms with E-state index in [0.717, 1.165) is 11.1 Å². The van der Waals surface area contributed by atoms with Crippen LogP contribution < -0.4 is 0 Å². The van der Waals surface area contributed by atoms with Gasteiger partial charge in [0.2, 0.25) is 0 Å². The average molecular weight is 206 g/mol. The third-order valence-corrected chi connectivity index (χ3v) is 2.35. The lowest BCUT2D eigenvalue weighted by atomic mass is 9.95. The zero-order chi connectivity index (χ0) is 11.6. The number of non-ortho nitro benzene ring substituents is 1. The first-order chi connectivity index (χ1) is 6.91. The highest BCUT2D eigenvalue weighted by Crippen LogP contribution is 2.26. The van der Waals surface area contributed by atoms with Gasteiger partial charge in [-0.05, 0) is 29.0 Å². The topological polar surface area (TPSA) is 43.1 Å². The Morgan fingerprint density at radius 1 is 1.13 bits per heavy atom. The molecule has 81 valence electrons. The fraction of sp³-hybridized carbons (Fsp3) is 0.500. The van der Waals surface area contributed by atoms with Gasteiger partial charge in [0.25, 0.3) is 5.69 Å². The summed E-state index contributed by atoms with van der Waals surface area (Å²) in [5.41, 5.74) is 1.99. The Kier molecular flexibility index (Phi) is 3.45. The largest absolute Gasteiger partial charge is 0.270 e. The molecule has 0 atom stereocenters. The predicted octanol–water partition coefficient (Wildman–Crippen LogP) is 3.64. The van der Waals surface area contributed by atoms with E-state index in [0.29, 0.717) is 0 Å². The van der Waals surface area contributed by atoms with Crippen LogP contribution in [0.25, 0.3) is 0 Å². The average Bonchev–Trinajstić information content (AvgIpc) is 2.16. The minimum Gasteiger partial charge on any atom is -0.258 e. The molecule has 1 rings (SSSR count). The number of hydrogen-bond acceptors (Lipinski definition) is 2. The van der Waals surface area contributed by atoms with Crippen molar-refractivity contribution in [1.82, 2.24) is 0 Å². The van der Waals surface area contributed by atoms with E-state index in [9.17, 15) is 10.1 Å². The van der Waals surface area contributed by atoms with E-state index in [1.54, 1.807) is 12.1 Å². The summed E-state index contributed by atoms with van der Waals surface area (Å²) in [4.78, 5) is 10.4. The highest BCUT2D eigenvalue weighted by molar-refractivity contribution is 5.40. The van der Waals surface area contributed by atoms with Crippen molar-refractivity contribution in [2.45, 2.75) is 39.5 Å². The van der Waals surface area contributed by atoms with Gasteiger partial charge in [-0.15, -0.1) is 0 Å². The van der Waals surface area contributed by atoms with Crippen LogP contribution in [0, 0.1) is 16.2 Å². The fourth-order valence-electron chi connectivity index (χ4n) is 1.33. The van der Waals surface area contributed by atoms with E-state index in [-0.39, 0.29) is 22.4 Å². The molecule has 0 aliphatic carbocycles. The van der Waals surface area contributed by atoms with E-state index in [4.69, 9.17) is 0 Å². The van der Waals surface area contributed by atoms with Crippen molar-refractivity contribution in [3.8, 4) is 0 Å². The molecule has 0 saturated carbocycles. The van der Waals surface area contributed by atoms with Crippen LogP contribution in [-0.2, 0) is 0 Å². The summed E-state index contributed by atoms with van der Waals surface area (Å²) in [6.45, 7) is 8.05. The minimum atomic E-state index is -0.342. The first-order valence-corrected chi connectivity index (χ1v) is 5.13. The molecule has 0 N–H and O–H groups in total. The van der Waals surface area contributed by atoms with Crippen LogP contribution in [0.15, 0.2) is 12.1 Å². The molecule has 0 spiro atoms. The normalized spacial score (nSPS) is 11.1. The number of nitro benzene ring substituents is 1. The first kappa shape index (κ1) is 11.7. The maximum absolute atomic E-state index is 10.7. The van der Waals surface area contributed by atoms with Gasteiger partial charge in [0.05, 0.1) is 4.92 Å². The Morgan fingerprint density at radius 2 is 1.53 bits per heavy atom. The zero-order valence-corrected chi connectivity index (χ0v) is 9.57. The molecule has 0 amide bonds. The second-order valence-electron chi connectivity index (χ2n) is 4.32. The molecule has 0 saturated heterocycles. The Balaban J connectivity index is 3.26. The predicted molar refractivity (Wildman–Crippen MR) is 60.1 cm³/mol. The number of hydrogen-bond donors (Lipinski definition) is 0. The minimum absolute atomic E-state index is 0.168. The molecule has 1 radical (unpaired) electrons. The van der Waals surface area contributed by atoms with Crippen molar-refractivity contribution in [1.29, 1.82) is 0 Å². The quantitative estimate of drug-likeness (QED) is 0.559. The third kappa shape index (κ3) is 2.78. The van der Waals surface area contributed by atoms with Crippen molar-refractivity contribution < 1.29 is 4.92 Å². The monoisotopic (exact) mass is 206 g/mol. The molecule has 0 aromatic heterocycles. The Morgan fingerprint density at radius 3 is 1.80 bits per heavy atom. The molecule has 15 heavy (non-hydrogen) atoms. The summed E-state index contributed by atoms with van der Waals surface area (Å²) in [7, 11) is 0. The molecular formula is C12H16NO2. The van der Waals surface area contributed by atoms with Crippen molar-refractivity contribution in [3.05, 3.63) is 39.4 Å². The van der Waals surface area contributed by atoms with E-state index in [1.807, 2.05) is 27.7 Å². The van der Waals surface area contributed by atoms with Crippen LogP contribution in [0.1, 0.15) is 50.7 Å². The maximum atomic E-state index is 10.7. The van der Waals surface area contributed by atoms with Crippen LogP contribution in [0.3, 0.4) is 0 Å². The highest BCUT2D eigenvalue weighted by Gasteiger charge is 2.13. The van der Waals surface area contributed by atoms with Gasteiger partial charge in [0.1, 0.15) is 0 Å². The Bertz CT molecular complexity index is 344. The zero-order valence-electron chi connectivity index (χ0n) is 9.57. The number of benzene rings is 1. The lowest BCUT2D eigenvalue weighted by Gasteiger charge is -2.10. The maximum Gasteiger partial charge on any atom is 0.270 e. The summed E-state index contributed by atoms with van der Waals surface area (Å²) in [6, 6.07) is 6.45. The molecule has 0 heterocycles. The van der Waals surface area contributed by atoms with Gasteiger partial charge in [0, 0.05) is 12.1 Å². The Labute approximate surface area is 90.3 Å². The SMILES string of the molecule is CC(C)c1[c]c(C(C)C)cc([N+](=O)[O-])c1. The molecule has 0 bridgehead atoms. The summed E-state index contributed by atoms with van der Waals surface area (Å²) < 4.78 is 0. The molecule has 0 fully saturated rings. The van der Waals surface area contributed by atoms with Crippen LogP contribution in [-0.4, -0.2) is 4.92 Å². The fourth-order valence-corrected chi connectivity index (χ4v) is 1.33. The molecule has 3 nitrogen and oxygen atoms in total. The first-order valence-electron chi connectivity index (χ1n) is 5.13. The summed E-state index contributed by atoms with van der Waals surface area (Å²) in [5.74, 6) is 0.532.